The highest BCUT2D eigenvalue weighted by molar-refractivity contribution is 7.92. The number of halogens is 4. The first kappa shape index (κ1) is 67.4. The fourth-order valence-corrected chi connectivity index (χ4v) is 13.0. The molecule has 0 radical (unpaired) electrons. The second-order valence-corrected chi connectivity index (χ2v) is 25.8. The Hall–Kier alpha value is -6.97. The summed E-state index contributed by atoms with van der Waals surface area (Å²) in [5.41, 5.74) is 0.0703. The smallest absolute Gasteiger partial charge is 0.382 e. The lowest BCUT2D eigenvalue weighted by molar-refractivity contribution is -0.136. The first-order chi connectivity index (χ1) is 43.2. The summed E-state index contributed by atoms with van der Waals surface area (Å²) in [6.07, 6.45) is 3.70. The maximum Gasteiger partial charge on any atom is 0.501 e. The summed E-state index contributed by atoms with van der Waals surface area (Å²) in [5.74, 6) is -2.98. The number of piperazine rings is 1. The van der Waals surface area contributed by atoms with Gasteiger partial charge in [-0.05, 0) is 121 Å². The van der Waals surface area contributed by atoms with Crippen molar-refractivity contribution in [2.75, 3.05) is 134 Å². The molecule has 4 aromatic rings. The Morgan fingerprint density at radius 3 is 2.23 bits per heavy atom. The molecular weight excluding hydrogens is 1210 g/mol. The number of fused-ring (bicyclic) bond motifs is 1. The van der Waals surface area contributed by atoms with Crippen molar-refractivity contribution < 1.29 is 69.3 Å². The number of ether oxygens (including phenoxy) is 4. The fourth-order valence-electron chi connectivity index (χ4n) is 11.9. The van der Waals surface area contributed by atoms with Gasteiger partial charge in [-0.1, -0.05) is 55.3 Å². The van der Waals surface area contributed by atoms with Crippen LogP contribution in [0.15, 0.2) is 95.4 Å². The number of hydrogen-bond acceptors (Lipinski definition) is 17. The average Bonchev–Trinajstić information content (AvgIpc) is 1.57. The van der Waals surface area contributed by atoms with Crippen molar-refractivity contribution in [3.05, 3.63) is 123 Å². The van der Waals surface area contributed by atoms with Crippen LogP contribution in [0.25, 0.3) is 5.57 Å². The molecule has 486 valence electrons. The number of benzene rings is 4. The van der Waals surface area contributed by atoms with Gasteiger partial charge in [-0.3, -0.25) is 48.8 Å². The molecule has 4 aliphatic heterocycles. The normalized spacial score (nSPS) is 19.8. The van der Waals surface area contributed by atoms with Gasteiger partial charge in [0.1, 0.15) is 12.6 Å². The number of carbonyl (C=O) groups excluding carboxylic acids is 6. The molecule has 9 rings (SSSR count). The minimum atomic E-state index is -5.73. The summed E-state index contributed by atoms with van der Waals surface area (Å²) in [6, 6.07) is 22.4. The number of anilines is 3. The van der Waals surface area contributed by atoms with Crippen LogP contribution in [0, 0.1) is 5.41 Å². The predicted octanol–water partition coefficient (Wildman–Crippen LogP) is 6.92. The summed E-state index contributed by atoms with van der Waals surface area (Å²) in [7, 11) is -5.73. The van der Waals surface area contributed by atoms with Crippen LogP contribution in [0.5, 0.6) is 0 Å². The van der Waals surface area contributed by atoms with Crippen LogP contribution in [-0.2, 0) is 49.7 Å². The molecule has 6 amide bonds. The minimum Gasteiger partial charge on any atom is -0.382 e. The Balaban J connectivity index is 0.684. The molecule has 90 heavy (non-hydrogen) atoms. The second-order valence-electron chi connectivity index (χ2n) is 23.5. The summed E-state index contributed by atoms with van der Waals surface area (Å²) in [6.45, 7) is 13.0. The van der Waals surface area contributed by atoms with Gasteiger partial charge in [0.2, 0.25) is 17.7 Å². The van der Waals surface area contributed by atoms with Gasteiger partial charge in [0.25, 0.3) is 27.6 Å². The molecular formula is C64H79ClF3N9O12S. The average molecular weight is 1290 g/mol. The van der Waals surface area contributed by atoms with Crippen LogP contribution >= 0.6 is 11.6 Å². The lowest BCUT2D eigenvalue weighted by Gasteiger charge is -2.41. The largest absolute Gasteiger partial charge is 0.501 e. The summed E-state index contributed by atoms with van der Waals surface area (Å²) < 4.78 is 90.2. The highest BCUT2D eigenvalue weighted by atomic mass is 35.5. The van der Waals surface area contributed by atoms with E-state index in [2.05, 4.69) is 60.3 Å². The van der Waals surface area contributed by atoms with Crippen LogP contribution in [0.1, 0.15) is 101 Å². The highest BCUT2D eigenvalue weighted by Crippen LogP contribution is 2.43. The van der Waals surface area contributed by atoms with Crippen molar-refractivity contribution in [1.29, 1.82) is 0 Å². The number of sulfone groups is 1. The van der Waals surface area contributed by atoms with Gasteiger partial charge in [-0.25, -0.2) is 8.42 Å². The molecule has 26 heteroatoms. The van der Waals surface area contributed by atoms with Crippen molar-refractivity contribution in [3.8, 4) is 0 Å². The molecule has 2 unspecified atom stereocenters. The molecule has 3 atom stereocenters. The monoisotopic (exact) mass is 1290 g/mol. The molecule has 1 aliphatic carbocycles. The molecule has 0 bridgehead atoms. The number of nitrogens with zero attached hydrogens (tertiary/aromatic N) is 4. The third-order valence-corrected chi connectivity index (χ3v) is 18.9. The molecule has 5 N–H and O–H groups in total. The zero-order chi connectivity index (χ0) is 64.0. The maximum absolute atomic E-state index is 14.0. The molecule has 0 saturated carbocycles. The van der Waals surface area contributed by atoms with Crippen LogP contribution in [-0.4, -0.2) is 194 Å². The van der Waals surface area contributed by atoms with Gasteiger partial charge in [-0.2, -0.15) is 13.2 Å². The minimum absolute atomic E-state index is 0.0332. The number of hydrogen-bond donors (Lipinski definition) is 5. The number of rotatable bonds is 29. The lowest BCUT2D eigenvalue weighted by atomic mass is 9.71. The third-order valence-electron chi connectivity index (χ3n) is 17.1. The molecule has 4 heterocycles. The van der Waals surface area contributed by atoms with Crippen LogP contribution in [0.2, 0.25) is 5.02 Å². The SMILES string of the molecule is CC[C@@H](CCN1CCOCC1)Nc1ccc(CNC(=O)c2ccc(N3CCN(CC4=C(c5ccc(Cl)cc5)CCC(C)(CNC(=O)COCCOCCOCCNc5cccc6c5C(=O)N(C5CCC(=O)NC5=O)C6=O)C4)CC3)cc2)cc1S(=O)(=O)C(F)(F)F. The number of carbonyl (C=O) groups is 6. The Morgan fingerprint density at radius 1 is 0.822 bits per heavy atom. The third kappa shape index (κ3) is 17.3. The van der Waals surface area contributed by atoms with E-state index in [1.165, 1.54) is 29.3 Å². The van der Waals surface area contributed by atoms with Gasteiger partial charge in [0.15, 0.2) is 0 Å². The number of amides is 6. The van der Waals surface area contributed by atoms with E-state index < -0.39 is 55.8 Å². The van der Waals surface area contributed by atoms with E-state index >= 15 is 0 Å². The standard InChI is InChI=1S/C64H79ClF3N9O12S/c1-3-48(20-23-74-28-31-87-32-29-74)72-52-16-7-43(37-55(52)90(84,85)64(66,67)68)39-70-59(80)45-10-14-49(15-11-45)76-26-24-75(25-27-76)40-46-38-63(2,21-19-50(46)44-8-12-47(65)13-9-44)42-71-57(79)41-89-36-35-88-34-33-86-30-22-69-53-6-4-5-51-58(53)62(83)77(61(51)82)54-17-18-56(78)73-60(54)81/h4-16,37,48,54,69,72H,3,17-36,38-42H2,1-2H3,(H,70,80)(H,71,79)(H,73,78,81)/t48-,54?,63?/m0/s1. The van der Waals surface area contributed by atoms with E-state index in [-0.39, 0.29) is 98.8 Å². The zero-order valence-corrected chi connectivity index (χ0v) is 52.3. The number of nitrogens with one attached hydrogen (secondary N) is 5. The van der Waals surface area contributed by atoms with Crippen molar-refractivity contribution >= 4 is 79.5 Å². The Kier molecular flexibility index (Phi) is 23.1. The van der Waals surface area contributed by atoms with Crippen LogP contribution < -0.4 is 31.5 Å². The fraction of sp³-hybridized carbons (Fsp3) is 0.500. The summed E-state index contributed by atoms with van der Waals surface area (Å²) >= 11 is 6.31. The van der Waals surface area contributed by atoms with Crippen molar-refractivity contribution in [3.63, 3.8) is 0 Å². The molecule has 21 nitrogen and oxygen atoms in total. The Bertz CT molecular complexity index is 3360. The number of alkyl halides is 3. The van der Waals surface area contributed by atoms with E-state index in [1.54, 1.807) is 24.3 Å². The lowest BCUT2D eigenvalue weighted by Crippen LogP contribution is -2.54. The molecule has 3 saturated heterocycles. The molecule has 5 aliphatic rings. The molecule has 4 aromatic carbocycles. The van der Waals surface area contributed by atoms with Gasteiger partial charge in [0.05, 0.1) is 68.0 Å². The first-order valence-electron chi connectivity index (χ1n) is 30.6. The van der Waals surface area contributed by atoms with E-state index in [9.17, 15) is 50.4 Å². The van der Waals surface area contributed by atoms with Crippen LogP contribution in [0.3, 0.4) is 0 Å². The van der Waals surface area contributed by atoms with Crippen molar-refractivity contribution in [2.24, 2.45) is 5.41 Å². The summed E-state index contributed by atoms with van der Waals surface area (Å²) in [4.78, 5) is 83.9. The van der Waals surface area contributed by atoms with E-state index in [0.29, 0.717) is 62.0 Å². The molecule has 0 spiro atoms. The van der Waals surface area contributed by atoms with Crippen molar-refractivity contribution in [2.45, 2.75) is 87.8 Å². The van der Waals surface area contributed by atoms with E-state index in [1.807, 2.05) is 31.2 Å². The maximum atomic E-state index is 14.0. The number of allylic oxidation sites excluding steroid dienone is 1. The zero-order valence-electron chi connectivity index (χ0n) is 50.7. The topological polar surface area (TPSA) is 247 Å². The Morgan fingerprint density at radius 2 is 1.53 bits per heavy atom. The van der Waals surface area contributed by atoms with Gasteiger partial charge >= 0.3 is 5.51 Å². The molecule has 3 fully saturated rings. The molecule has 0 aromatic heterocycles. The second kappa shape index (κ2) is 30.9. The quantitative estimate of drug-likeness (QED) is 0.0273. The number of morpholine rings is 1. The van der Waals surface area contributed by atoms with Gasteiger partial charge < -0.3 is 45.1 Å². The van der Waals surface area contributed by atoms with Gasteiger partial charge in [-0.15, -0.1) is 0 Å². The first-order valence-corrected chi connectivity index (χ1v) is 32.5. The summed E-state index contributed by atoms with van der Waals surface area (Å²) in [5, 5.41) is 14.9. The van der Waals surface area contributed by atoms with Gasteiger partial charge in [0, 0.05) is 106 Å². The van der Waals surface area contributed by atoms with Crippen LogP contribution in [0.4, 0.5) is 30.2 Å². The number of piperidine rings is 1. The van der Waals surface area contributed by atoms with E-state index in [4.69, 9.17) is 30.5 Å². The van der Waals surface area contributed by atoms with Crippen molar-refractivity contribution in [1.82, 2.24) is 30.7 Å². The van der Waals surface area contributed by atoms with E-state index in [0.717, 1.165) is 87.3 Å². The predicted molar refractivity (Wildman–Crippen MR) is 333 cm³/mol. The number of imide groups is 2. The Labute approximate surface area is 527 Å². The highest BCUT2D eigenvalue weighted by Gasteiger charge is 2.49.